The van der Waals surface area contributed by atoms with Crippen LogP contribution in [0, 0.1) is 19.7 Å². The first-order valence-corrected chi connectivity index (χ1v) is 13.9. The lowest BCUT2D eigenvalue weighted by Crippen LogP contribution is -2.46. The van der Waals surface area contributed by atoms with Crippen LogP contribution in [0.3, 0.4) is 0 Å². The van der Waals surface area contributed by atoms with E-state index >= 15 is 0 Å². The van der Waals surface area contributed by atoms with E-state index < -0.39 is 17.8 Å². The molecule has 2 aliphatic rings. The molecule has 0 atom stereocenters. The van der Waals surface area contributed by atoms with Crippen molar-refractivity contribution >= 4 is 35.2 Å². The van der Waals surface area contributed by atoms with Crippen molar-refractivity contribution in [1.82, 2.24) is 25.0 Å². The average Bonchev–Trinajstić information content (AvgIpc) is 3.40. The van der Waals surface area contributed by atoms with Crippen LogP contribution in [0.15, 0.2) is 18.2 Å². The second-order valence-electron chi connectivity index (χ2n) is 10.1. The number of hydrogen-bond acceptors (Lipinski definition) is 7. The Bertz CT molecular complexity index is 1280. The summed E-state index contributed by atoms with van der Waals surface area (Å²) in [5.74, 6) is -1.26. The number of amides is 3. The predicted octanol–water partition coefficient (Wildman–Crippen LogP) is 3.09. The summed E-state index contributed by atoms with van der Waals surface area (Å²) >= 11 is 0. The number of carbonyl (C=O) groups is 3. The third kappa shape index (κ3) is 6.60. The number of nitrogens with one attached hydrogen (secondary N) is 3. The number of halogens is 1. The van der Waals surface area contributed by atoms with E-state index in [4.69, 9.17) is 4.74 Å². The zero-order valence-electron chi connectivity index (χ0n) is 23.7. The van der Waals surface area contributed by atoms with Crippen LogP contribution in [0.1, 0.15) is 46.7 Å². The summed E-state index contributed by atoms with van der Waals surface area (Å²) in [6, 6.07) is 4.12. The van der Waals surface area contributed by atoms with Gasteiger partial charge >= 0.3 is 6.09 Å². The molecule has 0 radical (unpaired) electrons. The number of piperazine rings is 1. The molecule has 2 aromatic rings. The number of H-pyrrole nitrogens is 1. The van der Waals surface area contributed by atoms with Gasteiger partial charge in [-0.3, -0.25) is 14.5 Å². The van der Waals surface area contributed by atoms with Crippen molar-refractivity contribution in [3.05, 3.63) is 52.1 Å². The molecule has 1 aromatic heterocycles. The van der Waals surface area contributed by atoms with Gasteiger partial charge in [-0.05, 0) is 56.8 Å². The first-order valence-electron chi connectivity index (χ1n) is 13.9. The molecule has 40 heavy (non-hydrogen) atoms. The van der Waals surface area contributed by atoms with Gasteiger partial charge in [-0.1, -0.05) is 13.8 Å². The molecule has 3 amide bonds. The highest BCUT2D eigenvalue weighted by Gasteiger charge is 2.30. The zero-order chi connectivity index (χ0) is 28.8. The zero-order valence-corrected chi connectivity index (χ0v) is 23.7. The minimum atomic E-state index is -0.674. The number of anilines is 1. The monoisotopic (exact) mass is 554 g/mol. The van der Waals surface area contributed by atoms with Gasteiger partial charge < -0.3 is 25.3 Å². The van der Waals surface area contributed by atoms with E-state index in [1.807, 2.05) is 13.8 Å². The highest BCUT2D eigenvalue weighted by molar-refractivity contribution is 6.35. The molecule has 1 fully saturated rings. The predicted molar refractivity (Wildman–Crippen MR) is 153 cm³/mol. The van der Waals surface area contributed by atoms with Crippen LogP contribution < -0.4 is 10.6 Å². The van der Waals surface area contributed by atoms with E-state index in [2.05, 4.69) is 25.4 Å². The molecule has 0 saturated carbocycles. The molecule has 1 saturated heterocycles. The molecule has 0 aliphatic carbocycles. The topological polar surface area (TPSA) is 110 Å². The number of likely N-dealkylation sites (N-methyl/N-ethyl adjacent to an activating group) is 1. The third-order valence-corrected chi connectivity index (χ3v) is 7.59. The number of imide groups is 1. The maximum atomic E-state index is 13.9. The SMILES string of the molecule is CCN(CC)CCN(C(=O)OCCN1CCNCC1)C(=O)c1c(C)[nH]c(/C=C2\C(=O)Nc3ccc(F)cc32)c1C. The van der Waals surface area contributed by atoms with Crippen molar-refractivity contribution in [2.24, 2.45) is 0 Å². The molecular formula is C29H39FN6O4. The fraction of sp³-hybridized carbons (Fsp3) is 0.483. The fourth-order valence-corrected chi connectivity index (χ4v) is 5.15. The van der Waals surface area contributed by atoms with Gasteiger partial charge in [0, 0.05) is 68.5 Å². The van der Waals surface area contributed by atoms with Crippen LogP contribution in [-0.4, -0.2) is 103 Å². The van der Waals surface area contributed by atoms with Crippen molar-refractivity contribution in [2.45, 2.75) is 27.7 Å². The van der Waals surface area contributed by atoms with Crippen LogP contribution >= 0.6 is 0 Å². The summed E-state index contributed by atoms with van der Waals surface area (Å²) in [6.07, 6.45) is 0.943. The van der Waals surface area contributed by atoms with Gasteiger partial charge in [-0.15, -0.1) is 0 Å². The van der Waals surface area contributed by atoms with E-state index in [0.29, 0.717) is 52.4 Å². The molecule has 0 unspecified atom stereocenters. The van der Waals surface area contributed by atoms with Gasteiger partial charge in [-0.2, -0.15) is 0 Å². The number of fused-ring (bicyclic) bond motifs is 1. The molecule has 216 valence electrons. The van der Waals surface area contributed by atoms with Gasteiger partial charge in [-0.25, -0.2) is 14.1 Å². The van der Waals surface area contributed by atoms with E-state index in [0.717, 1.165) is 39.3 Å². The van der Waals surface area contributed by atoms with Crippen molar-refractivity contribution in [2.75, 3.05) is 70.8 Å². The Kier molecular flexibility index (Phi) is 9.72. The van der Waals surface area contributed by atoms with Gasteiger partial charge in [0.1, 0.15) is 12.4 Å². The Hall–Kier alpha value is -3.54. The summed E-state index contributed by atoms with van der Waals surface area (Å²) in [4.78, 5) is 48.4. The minimum Gasteiger partial charge on any atom is -0.448 e. The summed E-state index contributed by atoms with van der Waals surface area (Å²) in [5.41, 5.74) is 3.33. The average molecular weight is 555 g/mol. The smallest absolute Gasteiger partial charge is 0.416 e. The van der Waals surface area contributed by atoms with E-state index in [9.17, 15) is 18.8 Å². The number of hydrogen-bond donors (Lipinski definition) is 3. The quantitative estimate of drug-likeness (QED) is 0.387. The molecule has 2 aliphatic heterocycles. The van der Waals surface area contributed by atoms with Crippen LogP contribution in [-0.2, 0) is 9.53 Å². The van der Waals surface area contributed by atoms with Crippen LogP contribution in [0.2, 0.25) is 0 Å². The Morgan fingerprint density at radius 2 is 1.85 bits per heavy atom. The number of aryl methyl sites for hydroxylation is 1. The molecule has 3 N–H and O–H groups in total. The first-order chi connectivity index (χ1) is 19.2. The van der Waals surface area contributed by atoms with Crippen molar-refractivity contribution in [1.29, 1.82) is 0 Å². The number of benzene rings is 1. The van der Waals surface area contributed by atoms with E-state index in [1.54, 1.807) is 19.9 Å². The largest absolute Gasteiger partial charge is 0.448 e. The lowest BCUT2D eigenvalue weighted by molar-refractivity contribution is -0.110. The standard InChI is InChI=1S/C29H39FN6O4/c1-5-34(6-2)13-14-36(29(39)40-16-15-35-11-9-31-10-12-35)28(38)26-19(3)25(32-20(26)4)18-23-22-17-21(30)7-8-24(22)33-27(23)37/h7-8,17-18,31-32H,5-6,9-16H2,1-4H3,(H,33,37)/b23-18-. The number of aromatic amines is 1. The van der Waals surface area contributed by atoms with Crippen molar-refractivity contribution in [3.63, 3.8) is 0 Å². The lowest BCUT2D eigenvalue weighted by Gasteiger charge is -2.28. The lowest BCUT2D eigenvalue weighted by atomic mass is 10.0. The third-order valence-electron chi connectivity index (χ3n) is 7.59. The van der Waals surface area contributed by atoms with Gasteiger partial charge in [0.2, 0.25) is 0 Å². The molecule has 10 nitrogen and oxygen atoms in total. The molecule has 4 rings (SSSR count). The first kappa shape index (κ1) is 29.4. The summed E-state index contributed by atoms with van der Waals surface area (Å²) in [5, 5.41) is 6.03. The van der Waals surface area contributed by atoms with Crippen molar-refractivity contribution < 1.29 is 23.5 Å². The number of ether oxygens (including phenoxy) is 1. The number of carbonyl (C=O) groups excluding carboxylic acids is 3. The molecule has 0 bridgehead atoms. The Labute approximate surface area is 234 Å². The highest BCUT2D eigenvalue weighted by atomic mass is 19.1. The van der Waals surface area contributed by atoms with Gasteiger partial charge in [0.25, 0.3) is 11.8 Å². The molecule has 1 aromatic carbocycles. The summed E-state index contributed by atoms with van der Waals surface area (Å²) < 4.78 is 19.5. The minimum absolute atomic E-state index is 0.183. The van der Waals surface area contributed by atoms with Crippen LogP contribution in [0.25, 0.3) is 11.6 Å². The summed E-state index contributed by atoms with van der Waals surface area (Å²) in [7, 11) is 0. The fourth-order valence-electron chi connectivity index (χ4n) is 5.15. The van der Waals surface area contributed by atoms with Gasteiger partial charge in [0.05, 0.1) is 11.1 Å². The Balaban J connectivity index is 1.56. The molecular weight excluding hydrogens is 515 g/mol. The number of nitrogens with zero attached hydrogens (tertiary/aromatic N) is 3. The Morgan fingerprint density at radius 3 is 2.55 bits per heavy atom. The van der Waals surface area contributed by atoms with Crippen molar-refractivity contribution in [3.8, 4) is 0 Å². The number of aromatic nitrogens is 1. The molecule has 3 heterocycles. The van der Waals surface area contributed by atoms with E-state index in [-0.39, 0.29) is 19.1 Å². The normalized spacial score (nSPS) is 16.4. The maximum absolute atomic E-state index is 13.9. The Morgan fingerprint density at radius 1 is 1.12 bits per heavy atom. The number of rotatable bonds is 10. The van der Waals surface area contributed by atoms with Crippen LogP contribution in [0.5, 0.6) is 0 Å². The molecule has 0 spiro atoms. The summed E-state index contributed by atoms with van der Waals surface area (Å²) in [6.45, 7) is 14.2. The second-order valence-corrected chi connectivity index (χ2v) is 10.1. The van der Waals surface area contributed by atoms with E-state index in [1.165, 1.54) is 23.1 Å². The maximum Gasteiger partial charge on any atom is 0.416 e. The van der Waals surface area contributed by atoms with Gasteiger partial charge in [0.15, 0.2) is 0 Å². The highest BCUT2D eigenvalue weighted by Crippen LogP contribution is 2.34. The second kappa shape index (κ2) is 13.2. The molecule has 11 heteroatoms. The van der Waals surface area contributed by atoms with Crippen LogP contribution in [0.4, 0.5) is 14.9 Å².